The summed E-state index contributed by atoms with van der Waals surface area (Å²) in [7, 11) is 2.00. The van der Waals surface area contributed by atoms with E-state index in [1.54, 1.807) is 30.2 Å². The molecular formula is C20H16FN3OS. The normalized spacial score (nSPS) is 11.0. The van der Waals surface area contributed by atoms with Gasteiger partial charge >= 0.3 is 0 Å². The van der Waals surface area contributed by atoms with Gasteiger partial charge in [0.1, 0.15) is 12.1 Å². The molecule has 2 heterocycles. The largest absolute Gasteiger partial charge is 0.444 e. The van der Waals surface area contributed by atoms with Gasteiger partial charge in [-0.1, -0.05) is 42.1 Å². The van der Waals surface area contributed by atoms with E-state index in [9.17, 15) is 4.39 Å². The first-order chi connectivity index (χ1) is 12.7. The predicted molar refractivity (Wildman–Crippen MR) is 100 cm³/mol. The molecule has 0 bridgehead atoms. The molecule has 4 rings (SSSR count). The van der Waals surface area contributed by atoms with Crippen molar-refractivity contribution < 1.29 is 8.81 Å². The molecule has 0 unspecified atom stereocenters. The van der Waals surface area contributed by atoms with Gasteiger partial charge in [-0.25, -0.2) is 14.4 Å². The summed E-state index contributed by atoms with van der Waals surface area (Å²) in [5.41, 5.74) is 3.78. The average Bonchev–Trinajstić information content (AvgIpc) is 3.28. The highest BCUT2D eigenvalue weighted by Gasteiger charge is 2.11. The van der Waals surface area contributed by atoms with Crippen LogP contribution in [0.4, 0.5) is 4.39 Å². The Hall–Kier alpha value is -2.86. The summed E-state index contributed by atoms with van der Waals surface area (Å²) in [5.74, 6) is 0.856. The molecule has 0 fully saturated rings. The highest BCUT2D eigenvalue weighted by atomic mass is 32.2. The molecule has 6 heteroatoms. The molecular weight excluding hydrogens is 349 g/mol. The van der Waals surface area contributed by atoms with Crippen LogP contribution in [-0.4, -0.2) is 14.5 Å². The summed E-state index contributed by atoms with van der Waals surface area (Å²) in [6.07, 6.45) is 3.51. The minimum absolute atomic E-state index is 0.278. The van der Waals surface area contributed by atoms with E-state index in [4.69, 9.17) is 4.42 Å². The van der Waals surface area contributed by atoms with Gasteiger partial charge in [0.15, 0.2) is 5.16 Å². The van der Waals surface area contributed by atoms with Crippen LogP contribution in [0.5, 0.6) is 0 Å². The van der Waals surface area contributed by atoms with Gasteiger partial charge in [-0.05, 0) is 29.8 Å². The lowest BCUT2D eigenvalue weighted by molar-refractivity contribution is 0.572. The van der Waals surface area contributed by atoms with Crippen molar-refractivity contribution in [2.24, 2.45) is 7.05 Å². The summed E-state index contributed by atoms with van der Waals surface area (Å²) >= 11 is 1.60. The van der Waals surface area contributed by atoms with Gasteiger partial charge < -0.3 is 8.98 Å². The maximum atomic E-state index is 13.0. The van der Waals surface area contributed by atoms with Gasteiger partial charge in [-0.3, -0.25) is 0 Å². The van der Waals surface area contributed by atoms with Crippen LogP contribution in [0.1, 0.15) is 5.69 Å². The zero-order chi connectivity index (χ0) is 17.9. The maximum Gasteiger partial charge on any atom is 0.226 e. The quantitative estimate of drug-likeness (QED) is 0.458. The van der Waals surface area contributed by atoms with E-state index >= 15 is 0 Å². The van der Waals surface area contributed by atoms with Crippen LogP contribution in [0.15, 0.2) is 76.6 Å². The van der Waals surface area contributed by atoms with E-state index in [2.05, 4.69) is 26.7 Å². The molecule has 0 aliphatic rings. The number of rotatable bonds is 5. The van der Waals surface area contributed by atoms with Crippen molar-refractivity contribution in [2.45, 2.75) is 10.9 Å². The molecule has 0 radical (unpaired) electrons. The fourth-order valence-corrected chi connectivity index (χ4v) is 3.47. The molecule has 4 nitrogen and oxygen atoms in total. The van der Waals surface area contributed by atoms with Crippen molar-refractivity contribution in [3.05, 3.63) is 78.6 Å². The number of benzene rings is 2. The minimum Gasteiger partial charge on any atom is -0.444 e. The van der Waals surface area contributed by atoms with Crippen LogP contribution in [0, 0.1) is 5.82 Å². The topological polar surface area (TPSA) is 43.9 Å². The first-order valence-corrected chi connectivity index (χ1v) is 9.09. The van der Waals surface area contributed by atoms with Gasteiger partial charge in [0.05, 0.1) is 17.6 Å². The first kappa shape index (κ1) is 16.6. The number of oxazole rings is 1. The molecule has 0 N–H and O–H groups in total. The van der Waals surface area contributed by atoms with E-state index in [0.717, 1.165) is 27.7 Å². The number of hydrogen-bond acceptors (Lipinski definition) is 4. The van der Waals surface area contributed by atoms with Crippen LogP contribution in [0.3, 0.4) is 0 Å². The number of hydrogen-bond donors (Lipinski definition) is 0. The summed E-state index contributed by atoms with van der Waals surface area (Å²) in [6, 6.07) is 16.3. The van der Waals surface area contributed by atoms with E-state index in [-0.39, 0.29) is 5.82 Å². The van der Waals surface area contributed by atoms with Gasteiger partial charge in [0.2, 0.25) is 5.89 Å². The van der Waals surface area contributed by atoms with Gasteiger partial charge in [0.25, 0.3) is 0 Å². The highest BCUT2D eigenvalue weighted by Crippen LogP contribution is 2.27. The van der Waals surface area contributed by atoms with Crippen molar-refractivity contribution in [2.75, 3.05) is 0 Å². The summed E-state index contributed by atoms with van der Waals surface area (Å²) < 4.78 is 20.6. The highest BCUT2D eigenvalue weighted by molar-refractivity contribution is 7.98. The zero-order valence-corrected chi connectivity index (χ0v) is 14.9. The van der Waals surface area contributed by atoms with E-state index in [1.807, 2.05) is 31.4 Å². The molecule has 130 valence electrons. The maximum absolute atomic E-state index is 13.0. The number of halogens is 1. The fraction of sp³-hybridized carbons (Fsp3) is 0.100. The molecule has 0 saturated carbocycles. The van der Waals surface area contributed by atoms with E-state index < -0.39 is 0 Å². The molecule has 0 atom stereocenters. The number of thioether (sulfide) groups is 1. The van der Waals surface area contributed by atoms with Crippen LogP contribution in [0.2, 0.25) is 0 Å². The Morgan fingerprint density at radius 1 is 1.04 bits per heavy atom. The molecule has 2 aromatic heterocycles. The van der Waals surface area contributed by atoms with Crippen LogP contribution in [-0.2, 0) is 12.8 Å². The van der Waals surface area contributed by atoms with E-state index in [0.29, 0.717) is 11.6 Å². The van der Waals surface area contributed by atoms with Crippen molar-refractivity contribution >= 4 is 11.8 Å². The second-order valence-corrected chi connectivity index (χ2v) is 6.73. The Labute approximate surface area is 154 Å². The van der Waals surface area contributed by atoms with Crippen LogP contribution < -0.4 is 0 Å². The number of imidazole rings is 1. The van der Waals surface area contributed by atoms with Gasteiger partial charge in [-0.2, -0.15) is 0 Å². The smallest absolute Gasteiger partial charge is 0.226 e. The minimum atomic E-state index is -0.278. The Bertz CT molecular complexity index is 1010. The Balaban J connectivity index is 1.47. The SMILES string of the molecule is Cn1c(-c2ccccc2)cnc1SCc1coc(-c2ccc(F)cc2)n1. The molecule has 0 aliphatic heterocycles. The molecule has 26 heavy (non-hydrogen) atoms. The van der Waals surface area contributed by atoms with Crippen LogP contribution in [0.25, 0.3) is 22.7 Å². The zero-order valence-electron chi connectivity index (χ0n) is 14.1. The average molecular weight is 365 g/mol. The third-order valence-corrected chi connectivity index (χ3v) is 5.08. The Morgan fingerprint density at radius 3 is 2.58 bits per heavy atom. The molecule has 0 aliphatic carbocycles. The standard InChI is InChI=1S/C20H16FN3OS/c1-24-18(14-5-3-2-4-6-14)11-22-20(24)26-13-17-12-25-19(23-17)15-7-9-16(21)10-8-15/h2-12H,13H2,1H3. The number of nitrogens with zero attached hydrogens (tertiary/aromatic N) is 3. The monoisotopic (exact) mass is 365 g/mol. The molecule has 4 aromatic rings. The predicted octanol–water partition coefficient (Wildman–Crippen LogP) is 5.17. The lowest BCUT2D eigenvalue weighted by Gasteiger charge is -2.05. The molecule has 0 amide bonds. The van der Waals surface area contributed by atoms with Crippen LogP contribution >= 0.6 is 11.8 Å². The molecule has 0 spiro atoms. The van der Waals surface area contributed by atoms with Gasteiger partial charge in [0, 0.05) is 18.4 Å². The lowest BCUT2D eigenvalue weighted by atomic mass is 10.2. The van der Waals surface area contributed by atoms with E-state index in [1.165, 1.54) is 12.1 Å². The molecule has 2 aromatic carbocycles. The summed E-state index contributed by atoms with van der Waals surface area (Å²) in [4.78, 5) is 8.98. The first-order valence-electron chi connectivity index (χ1n) is 8.11. The second kappa shape index (κ2) is 7.17. The van der Waals surface area contributed by atoms with Gasteiger partial charge in [-0.15, -0.1) is 0 Å². The molecule has 0 saturated heterocycles. The summed E-state index contributed by atoms with van der Waals surface area (Å²) in [5, 5.41) is 0.912. The lowest BCUT2D eigenvalue weighted by Crippen LogP contribution is -1.94. The Morgan fingerprint density at radius 2 is 1.81 bits per heavy atom. The number of aromatic nitrogens is 3. The summed E-state index contributed by atoms with van der Waals surface area (Å²) in [6.45, 7) is 0. The second-order valence-electron chi connectivity index (χ2n) is 5.79. The third kappa shape index (κ3) is 3.41. The van der Waals surface area contributed by atoms with Crippen molar-refractivity contribution in [3.63, 3.8) is 0 Å². The van der Waals surface area contributed by atoms with Crippen molar-refractivity contribution in [3.8, 4) is 22.7 Å². The Kier molecular flexibility index (Phi) is 4.58. The van der Waals surface area contributed by atoms with Crippen molar-refractivity contribution in [1.82, 2.24) is 14.5 Å². The van der Waals surface area contributed by atoms with Crippen molar-refractivity contribution in [1.29, 1.82) is 0 Å². The fourth-order valence-electron chi connectivity index (χ4n) is 2.64. The third-order valence-electron chi connectivity index (χ3n) is 4.01.